The summed E-state index contributed by atoms with van der Waals surface area (Å²) in [5, 5.41) is 21.9. The van der Waals surface area contributed by atoms with Crippen molar-refractivity contribution in [3.8, 4) is 17.9 Å². The Bertz CT molecular complexity index is 1280. The molecule has 1 N–H and O–H groups in total. The van der Waals surface area contributed by atoms with E-state index in [4.69, 9.17) is 26.3 Å². The zero-order valence-electron chi connectivity index (χ0n) is 18.8. The molecule has 0 aliphatic carbocycles. The van der Waals surface area contributed by atoms with Crippen LogP contribution >= 0.6 is 11.6 Å². The van der Waals surface area contributed by atoms with Gasteiger partial charge < -0.3 is 14.8 Å². The molecule has 8 nitrogen and oxygen atoms in total. The Hall–Kier alpha value is -2.73. The fraction of sp³-hybridized carbons (Fsp3) is 0.417. The fourth-order valence-corrected chi connectivity index (χ4v) is 6.26. The summed E-state index contributed by atoms with van der Waals surface area (Å²) in [7, 11) is -3.92. The van der Waals surface area contributed by atoms with Crippen molar-refractivity contribution >= 4 is 21.6 Å². The van der Waals surface area contributed by atoms with Gasteiger partial charge in [-0.3, -0.25) is 0 Å². The normalized spacial score (nSPS) is 19.5. The molecule has 184 valence electrons. The summed E-state index contributed by atoms with van der Waals surface area (Å²) in [6.45, 7) is 2.27. The predicted octanol–water partition coefficient (Wildman–Crippen LogP) is 3.06. The lowest BCUT2D eigenvalue weighted by Crippen LogP contribution is -2.64. The van der Waals surface area contributed by atoms with Crippen LogP contribution in [0.3, 0.4) is 0 Å². The molecule has 0 saturated carbocycles. The van der Waals surface area contributed by atoms with Gasteiger partial charge in [-0.15, -0.1) is 0 Å². The van der Waals surface area contributed by atoms with Gasteiger partial charge in [0.1, 0.15) is 28.6 Å². The van der Waals surface area contributed by atoms with E-state index in [1.807, 2.05) is 6.07 Å². The van der Waals surface area contributed by atoms with E-state index in [-0.39, 0.29) is 52.6 Å². The van der Waals surface area contributed by atoms with Gasteiger partial charge >= 0.3 is 0 Å². The molecule has 35 heavy (non-hydrogen) atoms. The topological polar surface area (TPSA) is 115 Å². The molecule has 1 unspecified atom stereocenters. The van der Waals surface area contributed by atoms with E-state index in [0.29, 0.717) is 13.1 Å². The van der Waals surface area contributed by atoms with Crippen molar-refractivity contribution in [2.75, 3.05) is 39.4 Å². The lowest BCUT2D eigenvalue weighted by molar-refractivity contribution is 0.0156. The van der Waals surface area contributed by atoms with Crippen molar-refractivity contribution in [3.63, 3.8) is 0 Å². The van der Waals surface area contributed by atoms with E-state index in [2.05, 4.69) is 5.32 Å². The van der Waals surface area contributed by atoms with Crippen molar-refractivity contribution in [2.24, 2.45) is 5.41 Å². The van der Waals surface area contributed by atoms with Crippen LogP contribution < -0.4 is 10.1 Å². The second-order valence-corrected chi connectivity index (χ2v) is 11.2. The number of benzene rings is 2. The third-order valence-electron chi connectivity index (χ3n) is 6.21. The highest BCUT2D eigenvalue weighted by atomic mass is 35.5. The molecule has 2 heterocycles. The highest BCUT2D eigenvalue weighted by Crippen LogP contribution is 2.36. The van der Waals surface area contributed by atoms with Crippen LogP contribution in [0.2, 0.25) is 5.02 Å². The van der Waals surface area contributed by atoms with Gasteiger partial charge in [0.2, 0.25) is 10.0 Å². The number of rotatable bonds is 9. The molecular formula is C24H24ClFN4O4S. The molecule has 2 aromatic rings. The maximum Gasteiger partial charge on any atom is 0.244 e. The first-order chi connectivity index (χ1) is 16.8. The van der Waals surface area contributed by atoms with Crippen molar-refractivity contribution in [2.45, 2.75) is 23.8 Å². The number of hydrogen-bond acceptors (Lipinski definition) is 7. The molecule has 2 aromatic carbocycles. The van der Waals surface area contributed by atoms with Gasteiger partial charge in [-0.05, 0) is 43.2 Å². The zero-order valence-corrected chi connectivity index (χ0v) is 20.4. The minimum atomic E-state index is -3.92. The van der Waals surface area contributed by atoms with E-state index < -0.39 is 21.3 Å². The number of hydrogen-bond donors (Lipinski definition) is 1. The van der Waals surface area contributed by atoms with E-state index >= 15 is 0 Å². The molecular weight excluding hydrogens is 495 g/mol. The Balaban J connectivity index is 1.48. The summed E-state index contributed by atoms with van der Waals surface area (Å²) in [5.41, 5.74) is -0.673. The Labute approximate surface area is 208 Å². The molecule has 2 fully saturated rings. The molecule has 0 spiro atoms. The SMILES string of the molecule is N#Cc1ccc(OCC2(CNCC3CCCO3)CN(S(=O)(=O)c3ccc(Cl)cc3C#N)C2)cc1F. The van der Waals surface area contributed by atoms with Gasteiger partial charge in [-0.2, -0.15) is 14.8 Å². The van der Waals surface area contributed by atoms with Crippen LogP contribution in [0, 0.1) is 33.9 Å². The van der Waals surface area contributed by atoms with Gasteiger partial charge in [-0.1, -0.05) is 11.6 Å². The first-order valence-corrected chi connectivity index (χ1v) is 12.9. The number of nitriles is 2. The molecule has 1 atom stereocenters. The summed E-state index contributed by atoms with van der Waals surface area (Å²) in [4.78, 5) is -0.0969. The van der Waals surface area contributed by atoms with Gasteiger partial charge in [0.05, 0.1) is 23.8 Å². The van der Waals surface area contributed by atoms with Crippen LogP contribution in [0.4, 0.5) is 4.39 Å². The summed E-state index contributed by atoms with van der Waals surface area (Å²) >= 11 is 5.92. The van der Waals surface area contributed by atoms with Crippen LogP contribution in [-0.2, 0) is 14.8 Å². The monoisotopic (exact) mass is 518 g/mol. The van der Waals surface area contributed by atoms with Crippen LogP contribution in [0.25, 0.3) is 0 Å². The molecule has 0 aromatic heterocycles. The maximum atomic E-state index is 14.0. The largest absolute Gasteiger partial charge is 0.493 e. The van der Waals surface area contributed by atoms with Crippen LogP contribution in [0.1, 0.15) is 24.0 Å². The third-order valence-corrected chi connectivity index (χ3v) is 8.29. The number of nitrogens with one attached hydrogen (secondary N) is 1. The first-order valence-electron chi connectivity index (χ1n) is 11.1. The summed E-state index contributed by atoms with van der Waals surface area (Å²) in [6.07, 6.45) is 2.10. The minimum Gasteiger partial charge on any atom is -0.493 e. The number of sulfonamides is 1. The Kier molecular flexibility index (Phi) is 7.60. The highest BCUT2D eigenvalue weighted by Gasteiger charge is 2.49. The average molecular weight is 519 g/mol. The highest BCUT2D eigenvalue weighted by molar-refractivity contribution is 7.89. The molecule has 0 bridgehead atoms. The predicted molar refractivity (Wildman–Crippen MR) is 126 cm³/mol. The summed E-state index contributed by atoms with van der Waals surface area (Å²) in [5.74, 6) is -0.425. The summed E-state index contributed by atoms with van der Waals surface area (Å²) < 4.78 is 53.2. The number of ether oxygens (including phenoxy) is 2. The van der Waals surface area contributed by atoms with Crippen molar-refractivity contribution in [1.82, 2.24) is 9.62 Å². The van der Waals surface area contributed by atoms with E-state index in [9.17, 15) is 18.1 Å². The Morgan fingerprint density at radius 3 is 2.63 bits per heavy atom. The van der Waals surface area contributed by atoms with E-state index in [1.165, 1.54) is 34.6 Å². The lowest BCUT2D eigenvalue weighted by Gasteiger charge is -2.49. The lowest BCUT2D eigenvalue weighted by atomic mass is 9.82. The second-order valence-electron chi connectivity index (χ2n) is 8.83. The van der Waals surface area contributed by atoms with Crippen molar-refractivity contribution in [1.29, 1.82) is 10.5 Å². The van der Waals surface area contributed by atoms with E-state index in [0.717, 1.165) is 25.5 Å². The van der Waals surface area contributed by atoms with Gasteiger partial charge in [0.15, 0.2) is 0 Å². The maximum absolute atomic E-state index is 14.0. The molecule has 2 aliphatic heterocycles. The fourth-order valence-electron chi connectivity index (χ4n) is 4.30. The average Bonchev–Trinajstić information content (AvgIpc) is 3.33. The third kappa shape index (κ3) is 5.58. The Morgan fingerprint density at radius 1 is 1.20 bits per heavy atom. The molecule has 0 radical (unpaired) electrons. The van der Waals surface area contributed by atoms with Crippen LogP contribution in [-0.4, -0.2) is 58.2 Å². The van der Waals surface area contributed by atoms with Gasteiger partial charge in [0, 0.05) is 49.3 Å². The zero-order chi connectivity index (χ0) is 25.1. The number of halogens is 2. The van der Waals surface area contributed by atoms with Gasteiger partial charge in [-0.25, -0.2) is 12.8 Å². The number of nitrogens with zero attached hydrogens (tertiary/aromatic N) is 3. The molecule has 2 aliphatic rings. The quantitative estimate of drug-likeness (QED) is 0.542. The minimum absolute atomic E-state index is 0.0178. The van der Waals surface area contributed by atoms with Crippen molar-refractivity contribution < 1.29 is 22.3 Å². The van der Waals surface area contributed by atoms with E-state index in [1.54, 1.807) is 6.07 Å². The molecule has 0 amide bonds. The van der Waals surface area contributed by atoms with Crippen molar-refractivity contribution in [3.05, 3.63) is 58.4 Å². The molecule has 4 rings (SSSR count). The molecule has 2 saturated heterocycles. The van der Waals surface area contributed by atoms with Crippen LogP contribution in [0.5, 0.6) is 5.75 Å². The van der Waals surface area contributed by atoms with Gasteiger partial charge in [0.25, 0.3) is 0 Å². The smallest absolute Gasteiger partial charge is 0.244 e. The van der Waals surface area contributed by atoms with Crippen LogP contribution in [0.15, 0.2) is 41.3 Å². The summed E-state index contributed by atoms with van der Waals surface area (Å²) in [6, 6.07) is 11.8. The Morgan fingerprint density at radius 2 is 1.97 bits per heavy atom. The second kappa shape index (κ2) is 10.5. The standard InChI is InChI=1S/C24H24ClFN4O4S/c25-19-4-6-23(18(8-19)11-28)35(31,32)30-14-24(15-30,13-29-12-21-2-1-7-33-21)16-34-20-5-3-17(10-27)22(26)9-20/h3-6,8-9,21,29H,1-2,7,12-16H2. The molecule has 11 heteroatoms. The first kappa shape index (κ1) is 25.4.